The molecular formula is C22H34N2O2P2. The van der Waals surface area contributed by atoms with Gasteiger partial charge in [-0.15, -0.1) is 18.5 Å². The van der Waals surface area contributed by atoms with Crippen LogP contribution in [0.2, 0.25) is 0 Å². The molecule has 6 heteroatoms. The van der Waals surface area contributed by atoms with Gasteiger partial charge in [0.2, 0.25) is 0 Å². The Labute approximate surface area is 174 Å². The van der Waals surface area contributed by atoms with Crippen LogP contribution in [-0.2, 0) is 12.8 Å². The third-order valence-electron chi connectivity index (χ3n) is 4.75. The van der Waals surface area contributed by atoms with Crippen LogP contribution in [0.1, 0.15) is 24.0 Å². The molecule has 0 saturated carbocycles. The van der Waals surface area contributed by atoms with Crippen molar-refractivity contribution >= 4 is 18.5 Å². The molecule has 0 spiro atoms. The van der Waals surface area contributed by atoms with Crippen molar-refractivity contribution in [2.24, 2.45) is 0 Å². The van der Waals surface area contributed by atoms with E-state index < -0.39 is 0 Å². The van der Waals surface area contributed by atoms with Gasteiger partial charge >= 0.3 is 0 Å². The largest absolute Gasteiger partial charge is 0.497 e. The quantitative estimate of drug-likeness (QED) is 0.382. The number of nitrogens with one attached hydrogen (secondary N) is 2. The highest BCUT2D eigenvalue weighted by Gasteiger charge is 2.10. The van der Waals surface area contributed by atoms with E-state index in [-0.39, 0.29) is 0 Å². The van der Waals surface area contributed by atoms with Crippen LogP contribution < -0.4 is 20.1 Å². The summed E-state index contributed by atoms with van der Waals surface area (Å²) in [6.45, 7) is 2.00. The number of aryl methyl sites for hydroxylation is 2. The third kappa shape index (κ3) is 8.45. The van der Waals surface area contributed by atoms with Gasteiger partial charge in [-0.3, -0.25) is 0 Å². The van der Waals surface area contributed by atoms with E-state index in [1.807, 2.05) is 24.3 Å². The van der Waals surface area contributed by atoms with Gasteiger partial charge in [-0.05, 0) is 74.2 Å². The summed E-state index contributed by atoms with van der Waals surface area (Å²) in [5.74, 6) is 2.50. The van der Waals surface area contributed by atoms with Crippen molar-refractivity contribution in [1.29, 1.82) is 0 Å². The van der Waals surface area contributed by atoms with Crippen LogP contribution >= 0.6 is 18.5 Å². The standard InChI is InChI=1S/C22H34N2O2P2/c1-25-19-11-7-17(8-12-19)5-3-15-23-21(27)22(28)24-16-4-6-18-9-13-20(26-2)14-10-18/h7-14,21-24H,3-6,15-16,27-28H2,1-2H3. The fourth-order valence-electron chi connectivity index (χ4n) is 2.96. The molecule has 0 saturated heterocycles. The number of rotatable bonds is 13. The smallest absolute Gasteiger partial charge is 0.118 e. The Balaban J connectivity index is 1.55. The van der Waals surface area contributed by atoms with Gasteiger partial charge in [0.1, 0.15) is 11.5 Å². The SMILES string of the molecule is COc1ccc(CCCNC(P)C(P)NCCCc2ccc(OC)cc2)cc1. The van der Waals surface area contributed by atoms with E-state index in [4.69, 9.17) is 9.47 Å². The molecule has 4 atom stereocenters. The summed E-state index contributed by atoms with van der Waals surface area (Å²) in [5, 5.41) is 7.17. The van der Waals surface area contributed by atoms with Crippen LogP contribution in [0.5, 0.6) is 11.5 Å². The van der Waals surface area contributed by atoms with Crippen LogP contribution in [0.3, 0.4) is 0 Å². The molecule has 0 fully saturated rings. The first-order valence-electron chi connectivity index (χ1n) is 9.86. The number of methoxy groups -OCH3 is 2. The second kappa shape index (κ2) is 13.1. The van der Waals surface area contributed by atoms with Gasteiger partial charge in [0, 0.05) is 11.6 Å². The van der Waals surface area contributed by atoms with E-state index >= 15 is 0 Å². The van der Waals surface area contributed by atoms with Crippen LogP contribution in [0.4, 0.5) is 0 Å². The molecule has 0 amide bonds. The van der Waals surface area contributed by atoms with E-state index in [0.29, 0.717) is 11.6 Å². The Kier molecular flexibility index (Phi) is 10.8. The third-order valence-corrected chi connectivity index (χ3v) is 6.49. The zero-order valence-corrected chi connectivity index (χ0v) is 19.3. The Bertz CT molecular complexity index is 606. The maximum Gasteiger partial charge on any atom is 0.118 e. The van der Waals surface area contributed by atoms with Crippen molar-refractivity contribution < 1.29 is 9.47 Å². The second-order valence-corrected chi connectivity index (χ2v) is 8.30. The van der Waals surface area contributed by atoms with Crippen molar-refractivity contribution in [3.63, 3.8) is 0 Å². The van der Waals surface area contributed by atoms with Gasteiger partial charge in [0.25, 0.3) is 0 Å². The van der Waals surface area contributed by atoms with E-state index in [1.165, 1.54) is 11.1 Å². The number of ether oxygens (including phenoxy) is 2. The summed E-state index contributed by atoms with van der Waals surface area (Å²) in [6.07, 6.45) is 4.38. The van der Waals surface area contributed by atoms with E-state index in [9.17, 15) is 0 Å². The number of hydrogen-bond acceptors (Lipinski definition) is 4. The topological polar surface area (TPSA) is 42.5 Å². The average Bonchev–Trinajstić information content (AvgIpc) is 2.74. The molecule has 2 rings (SSSR count). The number of benzene rings is 2. The fraction of sp³-hybridized carbons (Fsp3) is 0.455. The van der Waals surface area contributed by atoms with E-state index in [2.05, 4.69) is 53.4 Å². The Morgan fingerprint density at radius 2 is 1.04 bits per heavy atom. The Morgan fingerprint density at radius 1 is 0.679 bits per heavy atom. The van der Waals surface area contributed by atoms with Gasteiger partial charge < -0.3 is 20.1 Å². The maximum atomic E-state index is 5.20. The zero-order valence-electron chi connectivity index (χ0n) is 17.0. The highest BCUT2D eigenvalue weighted by Crippen LogP contribution is 2.14. The van der Waals surface area contributed by atoms with E-state index in [1.54, 1.807) is 14.2 Å². The summed E-state index contributed by atoms with van der Waals surface area (Å²) in [6, 6.07) is 16.6. The first-order valence-corrected chi connectivity index (χ1v) is 11.2. The lowest BCUT2D eigenvalue weighted by Gasteiger charge is -2.22. The first kappa shape index (κ1) is 23.1. The lowest BCUT2D eigenvalue weighted by molar-refractivity contribution is 0.414. The molecule has 2 aromatic carbocycles. The molecule has 0 heterocycles. The highest BCUT2D eigenvalue weighted by atomic mass is 31.0. The normalized spacial score (nSPS) is 13.1. The van der Waals surface area contributed by atoms with Crippen LogP contribution in [0, 0.1) is 0 Å². The van der Waals surface area contributed by atoms with Gasteiger partial charge in [-0.25, -0.2) is 0 Å². The predicted molar refractivity (Wildman–Crippen MR) is 126 cm³/mol. The Morgan fingerprint density at radius 3 is 1.36 bits per heavy atom. The van der Waals surface area contributed by atoms with Gasteiger partial charge in [-0.2, -0.15) is 0 Å². The van der Waals surface area contributed by atoms with Crippen molar-refractivity contribution in [1.82, 2.24) is 10.6 Å². The molecule has 0 radical (unpaired) electrons. The maximum absolute atomic E-state index is 5.20. The Hall–Kier alpha value is -1.18. The molecule has 4 nitrogen and oxygen atoms in total. The molecule has 0 aliphatic rings. The zero-order chi connectivity index (χ0) is 20.2. The van der Waals surface area contributed by atoms with Crippen LogP contribution in [-0.4, -0.2) is 38.9 Å². The van der Waals surface area contributed by atoms with Crippen molar-refractivity contribution in [3.8, 4) is 11.5 Å². The lowest BCUT2D eigenvalue weighted by Crippen LogP contribution is -2.41. The minimum Gasteiger partial charge on any atom is -0.497 e. The summed E-state index contributed by atoms with van der Waals surface area (Å²) in [4.78, 5) is 0. The molecule has 0 aliphatic heterocycles. The molecule has 4 unspecified atom stereocenters. The second-order valence-electron chi connectivity index (χ2n) is 6.86. The van der Waals surface area contributed by atoms with Gasteiger partial charge in [0.05, 0.1) is 14.2 Å². The van der Waals surface area contributed by atoms with Crippen LogP contribution in [0.25, 0.3) is 0 Å². The average molecular weight is 420 g/mol. The van der Waals surface area contributed by atoms with Gasteiger partial charge in [-0.1, -0.05) is 24.3 Å². The van der Waals surface area contributed by atoms with Crippen molar-refractivity contribution in [3.05, 3.63) is 59.7 Å². The molecule has 0 aliphatic carbocycles. The monoisotopic (exact) mass is 420 g/mol. The molecule has 0 aromatic heterocycles. The lowest BCUT2D eigenvalue weighted by atomic mass is 10.1. The molecular weight excluding hydrogens is 386 g/mol. The van der Waals surface area contributed by atoms with Crippen molar-refractivity contribution in [2.45, 2.75) is 37.2 Å². The van der Waals surface area contributed by atoms with Crippen LogP contribution in [0.15, 0.2) is 48.5 Å². The van der Waals surface area contributed by atoms with Crippen molar-refractivity contribution in [2.75, 3.05) is 27.3 Å². The highest BCUT2D eigenvalue weighted by molar-refractivity contribution is 7.23. The minimum atomic E-state index is 0.335. The molecule has 154 valence electrons. The minimum absolute atomic E-state index is 0.335. The van der Waals surface area contributed by atoms with Gasteiger partial charge in [0.15, 0.2) is 0 Å². The summed E-state index contributed by atoms with van der Waals surface area (Å²) in [7, 11) is 9.21. The summed E-state index contributed by atoms with van der Waals surface area (Å²) >= 11 is 0. The van der Waals surface area contributed by atoms with E-state index in [0.717, 1.165) is 50.3 Å². The molecule has 2 N–H and O–H groups in total. The molecule has 2 aromatic rings. The summed E-state index contributed by atoms with van der Waals surface area (Å²) in [5.41, 5.74) is 2.70. The first-order chi connectivity index (χ1) is 13.6. The summed E-state index contributed by atoms with van der Waals surface area (Å²) < 4.78 is 10.4. The molecule has 28 heavy (non-hydrogen) atoms. The number of hydrogen-bond donors (Lipinski definition) is 2. The molecule has 0 bridgehead atoms. The predicted octanol–water partition coefficient (Wildman–Crippen LogP) is 3.85. The fourth-order valence-corrected chi connectivity index (χ4v) is 3.57.